The molecule has 0 aliphatic rings. The number of non-ortho nitro benzene ring substituents is 1. The van der Waals surface area contributed by atoms with E-state index in [2.05, 4.69) is 33.1 Å². The molecule has 0 radical (unpaired) electrons. The molecule has 1 amide bonds. The van der Waals surface area contributed by atoms with E-state index >= 15 is 0 Å². The van der Waals surface area contributed by atoms with Crippen LogP contribution in [0.1, 0.15) is 29.3 Å². The van der Waals surface area contributed by atoms with Gasteiger partial charge in [0.25, 0.3) is 11.6 Å². The van der Waals surface area contributed by atoms with Gasteiger partial charge in [-0.3, -0.25) is 14.9 Å². The molecule has 1 N–H and O–H groups in total. The van der Waals surface area contributed by atoms with Crippen molar-refractivity contribution in [3.05, 3.63) is 61.2 Å². The number of nitrogens with one attached hydrogen (secondary N) is 1. The van der Waals surface area contributed by atoms with Gasteiger partial charge in [-0.15, -0.1) is 0 Å². The number of hydrogen-bond acceptors (Lipinski definition) is 6. The Morgan fingerprint density at radius 2 is 2.15 bits per heavy atom. The molecule has 0 aromatic heterocycles. The molecule has 2 rings (SSSR count). The second kappa shape index (κ2) is 9.86. The monoisotopic (exact) mass is 483 g/mol. The predicted molar refractivity (Wildman–Crippen MR) is 110 cm³/mol. The van der Waals surface area contributed by atoms with Crippen molar-refractivity contribution < 1.29 is 19.2 Å². The van der Waals surface area contributed by atoms with Crippen LogP contribution in [0.15, 0.2) is 41.5 Å². The van der Waals surface area contributed by atoms with Crippen molar-refractivity contribution in [2.24, 2.45) is 5.10 Å². The van der Waals surface area contributed by atoms with Gasteiger partial charge in [-0.1, -0.05) is 13.0 Å². The average molecular weight is 483 g/mol. The largest absolute Gasteiger partial charge is 0.493 e. The number of methoxy groups -OCH3 is 1. The second-order valence-electron chi connectivity index (χ2n) is 5.39. The summed E-state index contributed by atoms with van der Waals surface area (Å²) in [6, 6.07) is 9.02. The van der Waals surface area contributed by atoms with Gasteiger partial charge in [0.15, 0.2) is 11.5 Å². The van der Waals surface area contributed by atoms with Gasteiger partial charge in [0.05, 0.1) is 28.4 Å². The van der Waals surface area contributed by atoms with Gasteiger partial charge in [0.1, 0.15) is 0 Å². The van der Waals surface area contributed by atoms with Crippen molar-refractivity contribution in [1.29, 1.82) is 0 Å². The van der Waals surface area contributed by atoms with Gasteiger partial charge in [0.2, 0.25) is 0 Å². The quantitative estimate of drug-likeness (QED) is 0.267. The standard InChI is InChI=1S/C18H18IN3O5/c1-3-7-27-17-15(19)8-12(9-16(17)26-2)11-20-21-18(23)13-5-4-6-14(10-13)22(24)25/h4-6,8-11H,3,7H2,1-2H3,(H,21,23)/b20-11+. The third kappa shape index (κ3) is 5.64. The molecule has 8 nitrogen and oxygen atoms in total. The summed E-state index contributed by atoms with van der Waals surface area (Å²) in [6.07, 6.45) is 2.34. The lowest BCUT2D eigenvalue weighted by Gasteiger charge is -2.12. The minimum Gasteiger partial charge on any atom is -0.493 e. The van der Waals surface area contributed by atoms with E-state index in [4.69, 9.17) is 9.47 Å². The topological polar surface area (TPSA) is 103 Å². The fourth-order valence-corrected chi connectivity index (χ4v) is 2.93. The highest BCUT2D eigenvalue weighted by Crippen LogP contribution is 2.33. The summed E-state index contributed by atoms with van der Waals surface area (Å²) in [5.74, 6) is 0.694. The van der Waals surface area contributed by atoms with E-state index in [0.29, 0.717) is 23.7 Å². The lowest BCUT2D eigenvalue weighted by molar-refractivity contribution is -0.384. The smallest absolute Gasteiger partial charge is 0.271 e. The highest BCUT2D eigenvalue weighted by Gasteiger charge is 2.12. The number of hydrogen-bond donors (Lipinski definition) is 1. The van der Waals surface area contributed by atoms with Gasteiger partial charge < -0.3 is 9.47 Å². The van der Waals surface area contributed by atoms with E-state index in [1.54, 1.807) is 13.2 Å². The van der Waals surface area contributed by atoms with E-state index in [0.717, 1.165) is 9.99 Å². The molecule has 27 heavy (non-hydrogen) atoms. The molecule has 0 saturated carbocycles. The van der Waals surface area contributed by atoms with E-state index in [1.807, 2.05) is 13.0 Å². The number of hydrazone groups is 1. The van der Waals surface area contributed by atoms with Gasteiger partial charge in [-0.05, 0) is 52.8 Å². The highest BCUT2D eigenvalue weighted by molar-refractivity contribution is 14.1. The maximum Gasteiger partial charge on any atom is 0.271 e. The number of carbonyl (C=O) groups is 1. The number of nitro groups is 1. The normalized spacial score (nSPS) is 10.6. The van der Waals surface area contributed by atoms with Gasteiger partial charge in [-0.2, -0.15) is 5.10 Å². The molecule has 9 heteroatoms. The molecule has 0 aliphatic carbocycles. The highest BCUT2D eigenvalue weighted by atomic mass is 127. The first-order chi connectivity index (χ1) is 13.0. The van der Waals surface area contributed by atoms with E-state index in [1.165, 1.54) is 30.5 Å². The summed E-state index contributed by atoms with van der Waals surface area (Å²) >= 11 is 2.14. The van der Waals surface area contributed by atoms with Crippen LogP contribution in [0, 0.1) is 13.7 Å². The third-order valence-electron chi connectivity index (χ3n) is 3.40. The number of halogens is 1. The molecule has 0 bridgehead atoms. The summed E-state index contributed by atoms with van der Waals surface area (Å²) in [4.78, 5) is 22.3. The molecule has 2 aromatic carbocycles. The van der Waals surface area contributed by atoms with Crippen LogP contribution in [0.4, 0.5) is 5.69 Å². The van der Waals surface area contributed by atoms with Crippen LogP contribution < -0.4 is 14.9 Å². The molecule has 0 saturated heterocycles. The van der Waals surface area contributed by atoms with Crippen LogP contribution in [-0.2, 0) is 0 Å². The number of rotatable bonds is 8. The second-order valence-corrected chi connectivity index (χ2v) is 6.55. The van der Waals surface area contributed by atoms with Crippen LogP contribution >= 0.6 is 22.6 Å². The van der Waals surface area contributed by atoms with Crippen molar-refractivity contribution >= 4 is 40.4 Å². The Hall–Kier alpha value is -2.69. The fourth-order valence-electron chi connectivity index (χ4n) is 2.15. The first-order valence-corrected chi connectivity index (χ1v) is 9.12. The molecule has 0 aliphatic heterocycles. The first kappa shape index (κ1) is 20.6. The molecule has 0 unspecified atom stereocenters. The lowest BCUT2D eigenvalue weighted by Crippen LogP contribution is -2.17. The predicted octanol–water partition coefficient (Wildman–Crippen LogP) is 3.76. The van der Waals surface area contributed by atoms with Crippen LogP contribution in [0.25, 0.3) is 0 Å². The average Bonchev–Trinajstić information content (AvgIpc) is 2.66. The third-order valence-corrected chi connectivity index (χ3v) is 4.20. The fraction of sp³-hybridized carbons (Fsp3) is 0.222. The van der Waals surface area contributed by atoms with Crippen molar-refractivity contribution in [1.82, 2.24) is 5.43 Å². The molecule has 142 valence electrons. The van der Waals surface area contributed by atoms with Gasteiger partial charge in [0, 0.05) is 17.7 Å². The van der Waals surface area contributed by atoms with Gasteiger partial charge in [-0.25, -0.2) is 5.43 Å². The van der Waals surface area contributed by atoms with Crippen molar-refractivity contribution in [2.75, 3.05) is 13.7 Å². The summed E-state index contributed by atoms with van der Waals surface area (Å²) in [5, 5.41) is 14.7. The number of nitro benzene ring substituents is 1. The van der Waals surface area contributed by atoms with Crippen molar-refractivity contribution in [2.45, 2.75) is 13.3 Å². The summed E-state index contributed by atoms with van der Waals surface area (Å²) < 4.78 is 11.9. The Kier molecular flexibility index (Phi) is 7.53. The van der Waals surface area contributed by atoms with Crippen LogP contribution in [0.2, 0.25) is 0 Å². The van der Waals surface area contributed by atoms with Crippen molar-refractivity contribution in [3.63, 3.8) is 0 Å². The number of carbonyl (C=O) groups excluding carboxylic acids is 1. The van der Waals surface area contributed by atoms with E-state index < -0.39 is 10.8 Å². The number of amides is 1. The van der Waals surface area contributed by atoms with E-state index in [9.17, 15) is 14.9 Å². The minimum atomic E-state index is -0.559. The maximum absolute atomic E-state index is 12.1. The zero-order chi connectivity index (χ0) is 19.8. The van der Waals surface area contributed by atoms with Crippen molar-refractivity contribution in [3.8, 4) is 11.5 Å². The van der Waals surface area contributed by atoms with Crippen LogP contribution in [0.5, 0.6) is 11.5 Å². The van der Waals surface area contributed by atoms with Gasteiger partial charge >= 0.3 is 0 Å². The lowest BCUT2D eigenvalue weighted by atomic mass is 10.2. The summed E-state index contributed by atoms with van der Waals surface area (Å²) in [7, 11) is 1.55. The Labute approximate surface area is 169 Å². The first-order valence-electron chi connectivity index (χ1n) is 8.04. The maximum atomic E-state index is 12.1. The van der Waals surface area contributed by atoms with Crippen LogP contribution in [0.3, 0.4) is 0 Å². The molecule has 0 spiro atoms. The Balaban J connectivity index is 2.11. The van der Waals surface area contributed by atoms with E-state index in [-0.39, 0.29) is 11.3 Å². The molecule has 0 atom stereocenters. The number of benzene rings is 2. The number of ether oxygens (including phenoxy) is 2. The molecule has 0 heterocycles. The summed E-state index contributed by atoms with van der Waals surface area (Å²) in [5.41, 5.74) is 3.05. The Morgan fingerprint density at radius 1 is 1.37 bits per heavy atom. The minimum absolute atomic E-state index is 0.150. The molecule has 0 fully saturated rings. The zero-order valence-electron chi connectivity index (χ0n) is 14.8. The Bertz CT molecular complexity index is 870. The zero-order valence-corrected chi connectivity index (χ0v) is 16.9. The molecular formula is C18H18IN3O5. The number of nitrogens with zero attached hydrogens (tertiary/aromatic N) is 2. The SMILES string of the molecule is CCCOc1c(I)cc(/C=N/NC(=O)c2cccc([N+](=O)[O-])c2)cc1OC. The molecular weight excluding hydrogens is 465 g/mol. The van der Waals surface area contributed by atoms with Crippen LogP contribution in [-0.4, -0.2) is 30.8 Å². The molecule has 2 aromatic rings. The Morgan fingerprint density at radius 3 is 2.81 bits per heavy atom. The summed E-state index contributed by atoms with van der Waals surface area (Å²) in [6.45, 7) is 2.60.